The van der Waals surface area contributed by atoms with E-state index in [1.807, 2.05) is 0 Å². The number of amides is 1. The number of alkyl halides is 1. The Labute approximate surface area is 90.1 Å². The Morgan fingerprint density at radius 2 is 1.93 bits per heavy atom. The van der Waals surface area contributed by atoms with Crippen LogP contribution in [0.2, 0.25) is 0 Å². The number of carbonyl (C=O) groups is 1. The van der Waals surface area contributed by atoms with Crippen molar-refractivity contribution in [2.75, 3.05) is 13.2 Å². The summed E-state index contributed by atoms with van der Waals surface area (Å²) in [5, 5.41) is 4.89. The maximum atomic E-state index is 12.2. The highest BCUT2D eigenvalue weighted by Crippen LogP contribution is 2.10. The number of ether oxygens (including phenoxy) is 1. The van der Waals surface area contributed by atoms with Gasteiger partial charge in [0.15, 0.2) is 0 Å². The van der Waals surface area contributed by atoms with Crippen LogP contribution in [0.4, 0.5) is 9.18 Å². The Balaban J connectivity index is 4.50. The molecular formula is C10H19FN2O2. The molecule has 0 aliphatic rings. The first-order valence-corrected chi connectivity index (χ1v) is 4.84. The van der Waals surface area contributed by atoms with E-state index < -0.39 is 18.4 Å². The zero-order chi connectivity index (χ0) is 12.1. The van der Waals surface area contributed by atoms with Gasteiger partial charge in [-0.1, -0.05) is 0 Å². The molecule has 0 atom stereocenters. The van der Waals surface area contributed by atoms with Gasteiger partial charge in [-0.2, -0.15) is 10.1 Å². The molecule has 15 heavy (non-hydrogen) atoms. The van der Waals surface area contributed by atoms with Gasteiger partial charge in [0.25, 0.3) is 0 Å². The lowest BCUT2D eigenvalue weighted by Gasteiger charge is -2.23. The molecule has 0 saturated heterocycles. The Bertz CT molecular complexity index is 242. The molecule has 5 heteroatoms. The minimum absolute atomic E-state index is 0.0832. The molecule has 0 spiro atoms. The molecule has 1 amide bonds. The van der Waals surface area contributed by atoms with Crippen LogP contribution >= 0.6 is 0 Å². The van der Waals surface area contributed by atoms with Gasteiger partial charge in [0, 0.05) is 5.71 Å². The summed E-state index contributed by atoms with van der Waals surface area (Å²) >= 11 is 0. The molecule has 0 heterocycles. The first-order chi connectivity index (χ1) is 6.76. The van der Waals surface area contributed by atoms with Gasteiger partial charge >= 0.3 is 6.09 Å². The fourth-order valence-electron chi connectivity index (χ4n) is 0.818. The van der Waals surface area contributed by atoms with E-state index in [1.54, 1.807) is 34.6 Å². The molecule has 0 unspecified atom stereocenters. The molecule has 0 aromatic rings. The molecule has 0 radical (unpaired) electrons. The van der Waals surface area contributed by atoms with E-state index in [2.05, 4.69) is 5.10 Å². The Morgan fingerprint density at radius 3 is 2.27 bits per heavy atom. The molecule has 0 aliphatic heterocycles. The summed E-state index contributed by atoms with van der Waals surface area (Å²) in [6.45, 7) is 7.99. The molecule has 0 aromatic carbocycles. The average molecular weight is 218 g/mol. The molecule has 0 N–H and O–H groups in total. The molecule has 88 valence electrons. The lowest BCUT2D eigenvalue weighted by Crippen LogP contribution is -2.35. The van der Waals surface area contributed by atoms with Gasteiger partial charge in [-0.15, -0.1) is 0 Å². The molecule has 0 bridgehead atoms. The summed E-state index contributed by atoms with van der Waals surface area (Å²) in [5.74, 6) is 0. The summed E-state index contributed by atoms with van der Waals surface area (Å²) in [6.07, 6.45) is -0.624. The van der Waals surface area contributed by atoms with Crippen LogP contribution in [0, 0.1) is 0 Å². The Kier molecular flexibility index (Phi) is 5.25. The molecule has 0 rings (SSSR count). The summed E-state index contributed by atoms with van der Waals surface area (Å²) in [5.41, 5.74) is 0.0809. The maximum Gasteiger partial charge on any atom is 0.430 e. The monoisotopic (exact) mass is 218 g/mol. The van der Waals surface area contributed by atoms with Crippen LogP contribution in [0.25, 0.3) is 0 Å². The number of hydrogen-bond donors (Lipinski definition) is 0. The van der Waals surface area contributed by atoms with Crippen molar-refractivity contribution in [1.82, 2.24) is 5.01 Å². The zero-order valence-corrected chi connectivity index (χ0v) is 10.0. The van der Waals surface area contributed by atoms with E-state index in [0.29, 0.717) is 5.71 Å². The SMILES string of the molecule is CC(C)=NN(CCF)C(=O)OC(C)(C)C. The highest BCUT2D eigenvalue weighted by Gasteiger charge is 2.21. The van der Waals surface area contributed by atoms with E-state index in [4.69, 9.17) is 4.74 Å². The standard InChI is InChI=1S/C10H19FN2O2/c1-8(2)12-13(7-6-11)9(14)15-10(3,4)5/h6-7H2,1-5H3. The molecule has 0 saturated carbocycles. The largest absolute Gasteiger partial charge is 0.442 e. The van der Waals surface area contributed by atoms with E-state index >= 15 is 0 Å². The lowest BCUT2D eigenvalue weighted by atomic mass is 10.2. The van der Waals surface area contributed by atoms with Crippen LogP contribution in [0.15, 0.2) is 5.10 Å². The summed E-state index contributed by atoms with van der Waals surface area (Å²) < 4.78 is 17.2. The smallest absolute Gasteiger partial charge is 0.430 e. The number of halogens is 1. The molecule has 0 fully saturated rings. The number of rotatable bonds is 3. The minimum Gasteiger partial charge on any atom is -0.442 e. The first kappa shape index (κ1) is 13.9. The van der Waals surface area contributed by atoms with Crippen LogP contribution in [0.5, 0.6) is 0 Å². The molecule has 0 aliphatic carbocycles. The maximum absolute atomic E-state index is 12.2. The highest BCUT2D eigenvalue weighted by molar-refractivity contribution is 5.80. The summed E-state index contributed by atoms with van der Waals surface area (Å²) in [6, 6.07) is 0. The van der Waals surface area contributed by atoms with Crippen molar-refractivity contribution in [3.8, 4) is 0 Å². The Morgan fingerprint density at radius 1 is 1.40 bits per heavy atom. The minimum atomic E-state index is -0.643. The van der Waals surface area contributed by atoms with Gasteiger partial charge in [-0.25, -0.2) is 9.18 Å². The number of hydrogen-bond acceptors (Lipinski definition) is 3. The fraction of sp³-hybridized carbons (Fsp3) is 0.800. The van der Waals surface area contributed by atoms with Crippen molar-refractivity contribution in [3.63, 3.8) is 0 Å². The first-order valence-electron chi connectivity index (χ1n) is 4.84. The van der Waals surface area contributed by atoms with E-state index in [1.165, 1.54) is 0 Å². The van der Waals surface area contributed by atoms with Crippen LogP contribution in [-0.2, 0) is 4.74 Å². The van der Waals surface area contributed by atoms with Crippen molar-refractivity contribution in [3.05, 3.63) is 0 Å². The second kappa shape index (κ2) is 5.68. The molecule has 0 aromatic heterocycles. The van der Waals surface area contributed by atoms with Crippen LogP contribution < -0.4 is 0 Å². The average Bonchev–Trinajstić information content (AvgIpc) is 1.99. The highest BCUT2D eigenvalue weighted by atomic mass is 19.1. The summed E-state index contributed by atoms with van der Waals surface area (Å²) in [4.78, 5) is 11.5. The Hall–Kier alpha value is -1.13. The predicted octanol–water partition coefficient (Wildman–Crippen LogP) is 2.59. The topological polar surface area (TPSA) is 41.9 Å². The van der Waals surface area contributed by atoms with Crippen LogP contribution in [0.1, 0.15) is 34.6 Å². The molecular weight excluding hydrogens is 199 g/mol. The second-order valence-electron chi connectivity index (χ2n) is 4.34. The van der Waals surface area contributed by atoms with Crippen molar-refractivity contribution in [2.45, 2.75) is 40.2 Å². The van der Waals surface area contributed by atoms with Crippen LogP contribution in [-0.4, -0.2) is 35.6 Å². The van der Waals surface area contributed by atoms with Crippen molar-refractivity contribution in [1.29, 1.82) is 0 Å². The van der Waals surface area contributed by atoms with Gasteiger partial charge in [-0.3, -0.25) is 0 Å². The lowest BCUT2D eigenvalue weighted by molar-refractivity contribution is 0.0243. The van der Waals surface area contributed by atoms with Gasteiger partial charge in [0.2, 0.25) is 0 Å². The fourth-order valence-corrected chi connectivity index (χ4v) is 0.818. The third kappa shape index (κ3) is 6.88. The second-order valence-corrected chi connectivity index (χ2v) is 4.34. The van der Waals surface area contributed by atoms with E-state index in [0.717, 1.165) is 5.01 Å². The van der Waals surface area contributed by atoms with Gasteiger partial charge in [0.05, 0.1) is 6.54 Å². The van der Waals surface area contributed by atoms with Gasteiger partial charge < -0.3 is 4.74 Å². The van der Waals surface area contributed by atoms with Crippen LogP contribution in [0.3, 0.4) is 0 Å². The third-order valence-electron chi connectivity index (χ3n) is 1.22. The van der Waals surface area contributed by atoms with E-state index in [-0.39, 0.29) is 6.54 Å². The third-order valence-corrected chi connectivity index (χ3v) is 1.22. The number of nitrogens with zero attached hydrogens (tertiary/aromatic N) is 2. The summed E-state index contributed by atoms with van der Waals surface area (Å²) in [7, 11) is 0. The normalized spacial score (nSPS) is 10.8. The number of hydrazone groups is 1. The quantitative estimate of drug-likeness (QED) is 0.539. The predicted molar refractivity (Wildman–Crippen MR) is 57.7 cm³/mol. The van der Waals surface area contributed by atoms with Crippen molar-refractivity contribution >= 4 is 11.8 Å². The molecule has 4 nitrogen and oxygen atoms in total. The van der Waals surface area contributed by atoms with E-state index in [9.17, 15) is 9.18 Å². The zero-order valence-electron chi connectivity index (χ0n) is 10.0. The number of carbonyl (C=O) groups excluding carboxylic acids is 1. The van der Waals surface area contributed by atoms with Gasteiger partial charge in [0.1, 0.15) is 12.3 Å². The van der Waals surface area contributed by atoms with Gasteiger partial charge in [-0.05, 0) is 34.6 Å². The van der Waals surface area contributed by atoms with Crippen molar-refractivity contribution < 1.29 is 13.9 Å². The van der Waals surface area contributed by atoms with Crippen molar-refractivity contribution in [2.24, 2.45) is 5.10 Å².